The third-order valence-electron chi connectivity index (χ3n) is 2.44. The standard InChI is InChI=1S/C13H9BrCl2N2O/c14-8-2-3-9(15)12(6-8)18-13(19)7-1-4-11(17)10(16)5-7/h1-6H,17H2,(H,18,19). The second kappa shape index (κ2) is 5.82. The number of carbonyl (C=O) groups excluding carboxylic acids is 1. The lowest BCUT2D eigenvalue weighted by molar-refractivity contribution is 0.102. The van der Waals surface area contributed by atoms with Gasteiger partial charge in [-0.1, -0.05) is 39.1 Å². The summed E-state index contributed by atoms with van der Waals surface area (Å²) in [6.45, 7) is 0. The molecule has 2 aromatic carbocycles. The molecule has 3 N–H and O–H groups in total. The van der Waals surface area contributed by atoms with Gasteiger partial charge < -0.3 is 11.1 Å². The van der Waals surface area contributed by atoms with Crippen LogP contribution in [-0.4, -0.2) is 5.91 Å². The minimum atomic E-state index is -0.304. The third-order valence-corrected chi connectivity index (χ3v) is 3.59. The number of halogens is 3. The molecule has 0 fully saturated rings. The van der Waals surface area contributed by atoms with E-state index in [1.165, 1.54) is 6.07 Å². The van der Waals surface area contributed by atoms with E-state index in [0.717, 1.165) is 4.47 Å². The number of hydrogen-bond donors (Lipinski definition) is 2. The van der Waals surface area contributed by atoms with Gasteiger partial charge in [-0.3, -0.25) is 4.79 Å². The summed E-state index contributed by atoms with van der Waals surface area (Å²) in [6.07, 6.45) is 0. The molecule has 98 valence electrons. The Morgan fingerprint density at radius 1 is 1.11 bits per heavy atom. The summed E-state index contributed by atoms with van der Waals surface area (Å²) in [6, 6.07) is 9.90. The van der Waals surface area contributed by atoms with Gasteiger partial charge in [-0.05, 0) is 36.4 Å². The van der Waals surface area contributed by atoms with E-state index < -0.39 is 0 Å². The molecule has 1 amide bonds. The fourth-order valence-corrected chi connectivity index (χ4v) is 2.16. The molecule has 2 aromatic rings. The maximum absolute atomic E-state index is 12.1. The third kappa shape index (κ3) is 3.41. The lowest BCUT2D eigenvalue weighted by Gasteiger charge is -2.08. The van der Waals surface area contributed by atoms with Gasteiger partial charge in [0.05, 0.1) is 21.4 Å². The van der Waals surface area contributed by atoms with E-state index in [0.29, 0.717) is 27.0 Å². The summed E-state index contributed by atoms with van der Waals surface area (Å²) in [5.41, 5.74) is 6.96. The highest BCUT2D eigenvalue weighted by atomic mass is 79.9. The highest BCUT2D eigenvalue weighted by Gasteiger charge is 2.10. The predicted molar refractivity (Wildman–Crippen MR) is 83.0 cm³/mol. The van der Waals surface area contributed by atoms with Gasteiger partial charge in [0.15, 0.2) is 0 Å². The molecule has 0 aromatic heterocycles. The Hall–Kier alpha value is -1.23. The lowest BCUT2D eigenvalue weighted by Crippen LogP contribution is -2.12. The maximum atomic E-state index is 12.1. The van der Waals surface area contributed by atoms with Crippen LogP contribution in [0, 0.1) is 0 Å². The number of nitrogens with one attached hydrogen (secondary N) is 1. The van der Waals surface area contributed by atoms with Crippen LogP contribution in [0.25, 0.3) is 0 Å². The number of nitrogens with two attached hydrogens (primary N) is 1. The number of amides is 1. The SMILES string of the molecule is Nc1ccc(C(=O)Nc2cc(Br)ccc2Cl)cc1Cl. The predicted octanol–water partition coefficient (Wildman–Crippen LogP) is 4.59. The molecule has 0 spiro atoms. The second-order valence-corrected chi connectivity index (χ2v) is 5.54. The minimum Gasteiger partial charge on any atom is -0.398 e. The highest BCUT2D eigenvalue weighted by Crippen LogP contribution is 2.27. The zero-order valence-corrected chi connectivity index (χ0v) is 12.7. The van der Waals surface area contributed by atoms with Gasteiger partial charge in [-0.2, -0.15) is 0 Å². The second-order valence-electron chi connectivity index (χ2n) is 3.81. The molecule has 6 heteroatoms. The van der Waals surface area contributed by atoms with E-state index in [2.05, 4.69) is 21.2 Å². The molecule has 19 heavy (non-hydrogen) atoms. The van der Waals surface area contributed by atoms with Crippen molar-refractivity contribution in [1.29, 1.82) is 0 Å². The van der Waals surface area contributed by atoms with E-state index in [4.69, 9.17) is 28.9 Å². The fourth-order valence-electron chi connectivity index (χ4n) is 1.46. The fraction of sp³-hybridized carbons (Fsp3) is 0. The van der Waals surface area contributed by atoms with Crippen molar-refractivity contribution in [2.45, 2.75) is 0 Å². The van der Waals surface area contributed by atoms with Crippen LogP contribution in [0.2, 0.25) is 10.0 Å². The number of rotatable bonds is 2. The number of anilines is 2. The van der Waals surface area contributed by atoms with Gasteiger partial charge in [-0.15, -0.1) is 0 Å². The van der Waals surface area contributed by atoms with Crippen LogP contribution in [-0.2, 0) is 0 Å². The van der Waals surface area contributed by atoms with E-state index in [1.807, 2.05) is 0 Å². The summed E-state index contributed by atoms with van der Waals surface area (Å²) >= 11 is 15.2. The quantitative estimate of drug-likeness (QED) is 0.770. The summed E-state index contributed by atoms with van der Waals surface area (Å²) in [7, 11) is 0. The topological polar surface area (TPSA) is 55.1 Å². The first-order chi connectivity index (χ1) is 8.97. The largest absolute Gasteiger partial charge is 0.398 e. The van der Waals surface area contributed by atoms with Crippen molar-refractivity contribution in [2.24, 2.45) is 0 Å². The average Bonchev–Trinajstić information content (AvgIpc) is 2.37. The molecule has 3 nitrogen and oxygen atoms in total. The molecule has 0 heterocycles. The van der Waals surface area contributed by atoms with Crippen molar-refractivity contribution in [3.63, 3.8) is 0 Å². The Morgan fingerprint density at radius 3 is 2.53 bits per heavy atom. The zero-order valence-electron chi connectivity index (χ0n) is 9.58. The molecule has 0 radical (unpaired) electrons. The van der Waals surface area contributed by atoms with Crippen molar-refractivity contribution in [3.8, 4) is 0 Å². The molecular weight excluding hydrogens is 351 g/mol. The smallest absolute Gasteiger partial charge is 0.255 e. The minimum absolute atomic E-state index is 0.304. The van der Waals surface area contributed by atoms with Crippen LogP contribution in [0.15, 0.2) is 40.9 Å². The van der Waals surface area contributed by atoms with E-state index >= 15 is 0 Å². The molecule has 0 aliphatic rings. The summed E-state index contributed by atoms with van der Waals surface area (Å²) in [4.78, 5) is 12.1. The van der Waals surface area contributed by atoms with E-state index in [-0.39, 0.29) is 5.91 Å². The molecule has 0 saturated heterocycles. The number of hydrogen-bond acceptors (Lipinski definition) is 2. The van der Waals surface area contributed by atoms with Crippen LogP contribution >= 0.6 is 39.1 Å². The Bertz CT molecular complexity index is 647. The average molecular weight is 360 g/mol. The Balaban J connectivity index is 2.25. The Labute approximate surface area is 128 Å². The number of nitrogen functional groups attached to an aromatic ring is 1. The normalized spacial score (nSPS) is 10.3. The van der Waals surface area contributed by atoms with Gasteiger partial charge in [0, 0.05) is 10.0 Å². The Kier molecular flexibility index (Phi) is 4.34. The summed E-state index contributed by atoms with van der Waals surface area (Å²) in [5.74, 6) is -0.304. The van der Waals surface area contributed by atoms with Crippen molar-refractivity contribution >= 4 is 56.4 Å². The molecule has 0 atom stereocenters. The highest BCUT2D eigenvalue weighted by molar-refractivity contribution is 9.10. The van der Waals surface area contributed by atoms with E-state index in [1.54, 1.807) is 30.3 Å². The first-order valence-corrected chi connectivity index (χ1v) is 6.83. The van der Waals surface area contributed by atoms with Crippen molar-refractivity contribution in [3.05, 3.63) is 56.5 Å². The molecule has 0 aliphatic heterocycles. The first kappa shape index (κ1) is 14.2. The van der Waals surface area contributed by atoms with Crippen LogP contribution in [0.4, 0.5) is 11.4 Å². The summed E-state index contributed by atoms with van der Waals surface area (Å²) < 4.78 is 0.822. The lowest BCUT2D eigenvalue weighted by atomic mass is 10.2. The van der Waals surface area contributed by atoms with Gasteiger partial charge in [0.2, 0.25) is 0 Å². The van der Waals surface area contributed by atoms with Crippen LogP contribution in [0.5, 0.6) is 0 Å². The number of carbonyl (C=O) groups is 1. The first-order valence-electron chi connectivity index (χ1n) is 5.29. The molecule has 0 aliphatic carbocycles. The summed E-state index contributed by atoms with van der Waals surface area (Å²) in [5, 5.41) is 3.51. The van der Waals surface area contributed by atoms with E-state index in [9.17, 15) is 4.79 Å². The molecule has 0 bridgehead atoms. The molecule has 2 rings (SSSR count). The molecule has 0 unspecified atom stereocenters. The van der Waals surface area contributed by atoms with Crippen LogP contribution in [0.3, 0.4) is 0 Å². The zero-order chi connectivity index (χ0) is 14.0. The van der Waals surface area contributed by atoms with Gasteiger partial charge in [-0.25, -0.2) is 0 Å². The van der Waals surface area contributed by atoms with Gasteiger partial charge in [0.25, 0.3) is 5.91 Å². The maximum Gasteiger partial charge on any atom is 0.255 e. The van der Waals surface area contributed by atoms with Crippen molar-refractivity contribution < 1.29 is 4.79 Å². The van der Waals surface area contributed by atoms with Gasteiger partial charge >= 0.3 is 0 Å². The monoisotopic (exact) mass is 358 g/mol. The number of benzene rings is 2. The molecular formula is C13H9BrCl2N2O. The van der Waals surface area contributed by atoms with Gasteiger partial charge in [0.1, 0.15) is 0 Å². The Morgan fingerprint density at radius 2 is 1.84 bits per heavy atom. The van der Waals surface area contributed by atoms with Crippen molar-refractivity contribution in [2.75, 3.05) is 11.1 Å². The van der Waals surface area contributed by atoms with Crippen LogP contribution in [0.1, 0.15) is 10.4 Å². The van der Waals surface area contributed by atoms with Crippen molar-refractivity contribution in [1.82, 2.24) is 0 Å². The molecule has 0 saturated carbocycles. The van der Waals surface area contributed by atoms with Crippen LogP contribution < -0.4 is 11.1 Å².